The SMILES string of the molecule is CC(C)CCO.CC(C)CCO.CC(C)CCO. The fourth-order valence-corrected chi connectivity index (χ4v) is 0.775. The summed E-state index contributed by atoms with van der Waals surface area (Å²) in [7, 11) is 0. The van der Waals surface area contributed by atoms with Gasteiger partial charge in [-0.1, -0.05) is 41.5 Å². The lowest BCUT2D eigenvalue weighted by molar-refractivity contribution is 0.267. The molecular formula is C15H36O3. The minimum absolute atomic E-state index is 0.331. The lowest BCUT2D eigenvalue weighted by Crippen LogP contribution is -1.89. The highest BCUT2D eigenvalue weighted by Crippen LogP contribution is 1.95. The van der Waals surface area contributed by atoms with Crippen molar-refractivity contribution in [1.82, 2.24) is 0 Å². The summed E-state index contributed by atoms with van der Waals surface area (Å²) in [4.78, 5) is 0. The van der Waals surface area contributed by atoms with Crippen LogP contribution in [0.25, 0.3) is 0 Å². The van der Waals surface area contributed by atoms with Gasteiger partial charge in [0.1, 0.15) is 0 Å². The Balaban J connectivity index is -0.000000187. The molecule has 0 aromatic carbocycles. The summed E-state index contributed by atoms with van der Waals surface area (Å²) in [6.07, 6.45) is 2.79. The second-order valence-corrected chi connectivity index (χ2v) is 5.72. The van der Waals surface area contributed by atoms with Gasteiger partial charge in [-0.2, -0.15) is 0 Å². The zero-order valence-electron chi connectivity index (χ0n) is 13.3. The number of hydrogen-bond donors (Lipinski definition) is 3. The van der Waals surface area contributed by atoms with E-state index < -0.39 is 0 Å². The molecule has 0 atom stereocenters. The van der Waals surface area contributed by atoms with Crippen molar-refractivity contribution >= 4 is 0 Å². The summed E-state index contributed by atoms with van der Waals surface area (Å²) in [6, 6.07) is 0. The van der Waals surface area contributed by atoms with Crippen molar-refractivity contribution in [3.8, 4) is 0 Å². The minimum atomic E-state index is 0.331. The quantitative estimate of drug-likeness (QED) is 0.691. The Morgan fingerprint density at radius 3 is 0.667 bits per heavy atom. The maximum Gasteiger partial charge on any atom is 0.0433 e. The van der Waals surface area contributed by atoms with Crippen LogP contribution in [0, 0.1) is 17.8 Å². The van der Waals surface area contributed by atoms with Gasteiger partial charge in [0, 0.05) is 19.8 Å². The van der Waals surface area contributed by atoms with Crippen molar-refractivity contribution in [3.63, 3.8) is 0 Å². The second-order valence-electron chi connectivity index (χ2n) is 5.72. The highest BCUT2D eigenvalue weighted by atomic mass is 16.3. The van der Waals surface area contributed by atoms with Gasteiger partial charge < -0.3 is 15.3 Å². The smallest absolute Gasteiger partial charge is 0.0433 e. The molecular weight excluding hydrogens is 228 g/mol. The summed E-state index contributed by atoms with van der Waals surface area (Å²) in [5.41, 5.74) is 0. The standard InChI is InChI=1S/3C5H12O/c3*1-5(2)3-4-6/h3*5-6H,3-4H2,1-2H3. The van der Waals surface area contributed by atoms with Gasteiger partial charge in [0.05, 0.1) is 0 Å². The lowest BCUT2D eigenvalue weighted by atomic mass is 10.2. The molecule has 0 rings (SSSR count). The summed E-state index contributed by atoms with van der Waals surface area (Å²) >= 11 is 0. The first-order chi connectivity index (χ1) is 8.31. The van der Waals surface area contributed by atoms with Crippen LogP contribution in [-0.4, -0.2) is 35.1 Å². The van der Waals surface area contributed by atoms with Crippen LogP contribution in [0.1, 0.15) is 60.8 Å². The molecule has 0 aliphatic rings. The minimum Gasteiger partial charge on any atom is -0.396 e. The molecule has 0 radical (unpaired) electrons. The van der Waals surface area contributed by atoms with Crippen molar-refractivity contribution < 1.29 is 15.3 Å². The molecule has 0 bridgehead atoms. The molecule has 0 aliphatic carbocycles. The van der Waals surface area contributed by atoms with Crippen LogP contribution < -0.4 is 0 Å². The Kier molecular flexibility index (Phi) is 24.6. The molecule has 0 saturated heterocycles. The molecule has 0 unspecified atom stereocenters. The third-order valence-electron chi connectivity index (χ3n) is 2.12. The van der Waals surface area contributed by atoms with E-state index in [0.29, 0.717) is 37.6 Å². The Hall–Kier alpha value is -0.120. The predicted molar refractivity (Wildman–Crippen MR) is 79.6 cm³/mol. The van der Waals surface area contributed by atoms with Crippen LogP contribution in [0.3, 0.4) is 0 Å². The molecule has 0 aliphatic heterocycles. The van der Waals surface area contributed by atoms with E-state index in [1.807, 2.05) is 0 Å². The van der Waals surface area contributed by atoms with Gasteiger partial charge in [0.15, 0.2) is 0 Å². The molecule has 114 valence electrons. The fourth-order valence-electron chi connectivity index (χ4n) is 0.775. The van der Waals surface area contributed by atoms with E-state index in [9.17, 15) is 0 Å². The Morgan fingerprint density at radius 2 is 0.667 bits per heavy atom. The third kappa shape index (κ3) is 44.6. The zero-order valence-corrected chi connectivity index (χ0v) is 13.3. The first-order valence-electron chi connectivity index (χ1n) is 7.14. The number of rotatable bonds is 6. The summed E-state index contributed by atoms with van der Waals surface area (Å²) in [5, 5.41) is 24.7. The highest BCUT2D eigenvalue weighted by molar-refractivity contribution is 4.39. The molecule has 0 amide bonds. The van der Waals surface area contributed by atoms with Crippen molar-refractivity contribution in [2.24, 2.45) is 17.8 Å². The molecule has 0 spiro atoms. The van der Waals surface area contributed by atoms with E-state index in [0.717, 1.165) is 19.3 Å². The number of hydrogen-bond acceptors (Lipinski definition) is 3. The van der Waals surface area contributed by atoms with Crippen molar-refractivity contribution in [1.29, 1.82) is 0 Å². The van der Waals surface area contributed by atoms with Crippen LogP contribution >= 0.6 is 0 Å². The Labute approximate surface area is 114 Å². The normalized spacial score (nSPS) is 10.0. The summed E-state index contributed by atoms with van der Waals surface area (Å²) in [5.74, 6) is 1.94. The van der Waals surface area contributed by atoms with Crippen LogP contribution in [0.4, 0.5) is 0 Å². The van der Waals surface area contributed by atoms with E-state index >= 15 is 0 Å². The first kappa shape index (κ1) is 23.0. The Morgan fingerprint density at radius 1 is 0.500 bits per heavy atom. The Bertz CT molecular complexity index is 99.1. The fraction of sp³-hybridized carbons (Fsp3) is 1.00. The van der Waals surface area contributed by atoms with Gasteiger partial charge in [-0.15, -0.1) is 0 Å². The molecule has 0 saturated carbocycles. The van der Waals surface area contributed by atoms with Crippen molar-refractivity contribution in [2.45, 2.75) is 60.8 Å². The average Bonchev–Trinajstić information content (AvgIpc) is 2.18. The lowest BCUT2D eigenvalue weighted by Gasteiger charge is -1.95. The van der Waals surface area contributed by atoms with E-state index in [2.05, 4.69) is 41.5 Å². The molecule has 18 heavy (non-hydrogen) atoms. The van der Waals surface area contributed by atoms with Gasteiger partial charge in [-0.05, 0) is 37.0 Å². The average molecular weight is 264 g/mol. The molecule has 3 N–H and O–H groups in total. The molecule has 3 nitrogen and oxygen atoms in total. The topological polar surface area (TPSA) is 60.7 Å². The van der Waals surface area contributed by atoms with Gasteiger partial charge in [0.25, 0.3) is 0 Å². The van der Waals surface area contributed by atoms with Crippen LogP contribution in [0.15, 0.2) is 0 Å². The first-order valence-corrected chi connectivity index (χ1v) is 7.14. The largest absolute Gasteiger partial charge is 0.396 e. The molecule has 0 aromatic heterocycles. The van der Waals surface area contributed by atoms with Gasteiger partial charge >= 0.3 is 0 Å². The summed E-state index contributed by atoms with van der Waals surface area (Å²) < 4.78 is 0. The van der Waals surface area contributed by atoms with E-state index in [-0.39, 0.29) is 0 Å². The van der Waals surface area contributed by atoms with E-state index in [1.54, 1.807) is 0 Å². The van der Waals surface area contributed by atoms with Crippen LogP contribution in [0.5, 0.6) is 0 Å². The maximum atomic E-state index is 8.24. The monoisotopic (exact) mass is 264 g/mol. The van der Waals surface area contributed by atoms with Crippen molar-refractivity contribution in [3.05, 3.63) is 0 Å². The maximum absolute atomic E-state index is 8.24. The molecule has 0 fully saturated rings. The molecule has 0 heterocycles. The van der Waals surface area contributed by atoms with Crippen LogP contribution in [-0.2, 0) is 0 Å². The van der Waals surface area contributed by atoms with E-state index in [1.165, 1.54) is 0 Å². The second kappa shape index (κ2) is 19.2. The van der Waals surface area contributed by atoms with Crippen LogP contribution in [0.2, 0.25) is 0 Å². The molecule has 3 heteroatoms. The number of aliphatic hydroxyl groups is 3. The molecule has 0 aromatic rings. The zero-order chi connectivity index (χ0) is 15.0. The predicted octanol–water partition coefficient (Wildman–Crippen LogP) is 3.07. The highest BCUT2D eigenvalue weighted by Gasteiger charge is 1.87. The third-order valence-corrected chi connectivity index (χ3v) is 2.12. The van der Waals surface area contributed by atoms with Gasteiger partial charge in [-0.3, -0.25) is 0 Å². The van der Waals surface area contributed by atoms with E-state index in [4.69, 9.17) is 15.3 Å². The van der Waals surface area contributed by atoms with Crippen molar-refractivity contribution in [2.75, 3.05) is 19.8 Å². The van der Waals surface area contributed by atoms with Gasteiger partial charge in [-0.25, -0.2) is 0 Å². The van der Waals surface area contributed by atoms with Gasteiger partial charge in [0.2, 0.25) is 0 Å². The summed E-state index contributed by atoms with van der Waals surface area (Å²) in [6.45, 7) is 13.6. The number of aliphatic hydroxyl groups excluding tert-OH is 3.